The molecule has 2 aromatic heterocycles. The maximum absolute atomic E-state index is 13.2. The van der Waals surface area contributed by atoms with Crippen LogP contribution in [0.5, 0.6) is 0 Å². The zero-order chi connectivity index (χ0) is 22.1. The minimum absolute atomic E-state index is 0.0366. The Labute approximate surface area is 176 Å². The molecule has 0 saturated carbocycles. The summed E-state index contributed by atoms with van der Waals surface area (Å²) in [4.78, 5) is 42.2. The molecule has 1 aliphatic rings. The molecule has 3 heterocycles. The molecule has 1 aliphatic heterocycles. The summed E-state index contributed by atoms with van der Waals surface area (Å²) in [6, 6.07) is 11.1. The SMILES string of the molecule is Cc1ccc(C(=O)C2=C(O)C(=O)N(Cc3cccnc3)[C@H]2c2cccc([N+](=O)[O-])c2)o1. The van der Waals surface area contributed by atoms with Gasteiger partial charge in [0.2, 0.25) is 5.78 Å². The van der Waals surface area contributed by atoms with Crippen molar-refractivity contribution in [2.24, 2.45) is 0 Å². The van der Waals surface area contributed by atoms with E-state index in [1.165, 1.54) is 29.2 Å². The van der Waals surface area contributed by atoms with Crippen LogP contribution in [0.25, 0.3) is 0 Å². The van der Waals surface area contributed by atoms with Gasteiger partial charge in [0.25, 0.3) is 11.6 Å². The molecule has 3 aromatic rings. The minimum atomic E-state index is -1.04. The fourth-order valence-corrected chi connectivity index (χ4v) is 3.58. The number of nitrogens with zero attached hydrogens (tertiary/aromatic N) is 3. The number of amides is 1. The minimum Gasteiger partial charge on any atom is -0.503 e. The number of benzene rings is 1. The first-order chi connectivity index (χ1) is 14.9. The van der Waals surface area contributed by atoms with Crippen molar-refractivity contribution in [2.45, 2.75) is 19.5 Å². The van der Waals surface area contributed by atoms with Gasteiger partial charge in [-0.3, -0.25) is 24.7 Å². The Morgan fingerprint density at radius 2 is 2.06 bits per heavy atom. The summed E-state index contributed by atoms with van der Waals surface area (Å²) in [7, 11) is 0. The fourth-order valence-electron chi connectivity index (χ4n) is 3.58. The molecule has 0 radical (unpaired) electrons. The molecule has 1 aromatic carbocycles. The van der Waals surface area contributed by atoms with Crippen molar-refractivity contribution in [2.75, 3.05) is 0 Å². The molecule has 0 fully saturated rings. The highest BCUT2D eigenvalue weighted by molar-refractivity contribution is 6.15. The van der Waals surface area contributed by atoms with Crippen LogP contribution < -0.4 is 0 Å². The van der Waals surface area contributed by atoms with Crippen molar-refractivity contribution >= 4 is 17.4 Å². The van der Waals surface area contributed by atoms with Gasteiger partial charge in [-0.05, 0) is 36.2 Å². The molecule has 9 heteroatoms. The molecule has 0 unspecified atom stereocenters. The van der Waals surface area contributed by atoms with Crippen LogP contribution in [0, 0.1) is 17.0 Å². The lowest BCUT2D eigenvalue weighted by Crippen LogP contribution is -2.30. The van der Waals surface area contributed by atoms with Crippen LogP contribution >= 0.6 is 0 Å². The largest absolute Gasteiger partial charge is 0.503 e. The maximum atomic E-state index is 13.2. The molecule has 0 saturated heterocycles. The Kier molecular flexibility index (Phi) is 5.08. The van der Waals surface area contributed by atoms with E-state index in [-0.39, 0.29) is 23.6 Å². The number of hydrogen-bond acceptors (Lipinski definition) is 7. The van der Waals surface area contributed by atoms with Crippen LogP contribution in [0.3, 0.4) is 0 Å². The number of ketones is 1. The first-order valence-corrected chi connectivity index (χ1v) is 9.35. The monoisotopic (exact) mass is 419 g/mol. The summed E-state index contributed by atoms with van der Waals surface area (Å²) in [5, 5.41) is 21.9. The number of aromatic nitrogens is 1. The van der Waals surface area contributed by atoms with Gasteiger partial charge in [-0.25, -0.2) is 0 Å². The molecule has 1 N–H and O–H groups in total. The van der Waals surface area contributed by atoms with E-state index in [0.29, 0.717) is 16.9 Å². The predicted molar refractivity (Wildman–Crippen MR) is 108 cm³/mol. The van der Waals surface area contributed by atoms with Crippen molar-refractivity contribution in [1.82, 2.24) is 9.88 Å². The number of pyridine rings is 1. The second-order valence-electron chi connectivity index (χ2n) is 7.05. The predicted octanol–water partition coefficient (Wildman–Crippen LogP) is 3.67. The average molecular weight is 419 g/mol. The number of rotatable bonds is 6. The van der Waals surface area contributed by atoms with E-state index in [9.17, 15) is 24.8 Å². The molecule has 0 bridgehead atoms. The second kappa shape index (κ2) is 7.86. The van der Waals surface area contributed by atoms with Gasteiger partial charge < -0.3 is 14.4 Å². The molecule has 1 amide bonds. The molecule has 4 rings (SSSR count). The molecule has 156 valence electrons. The summed E-state index contributed by atoms with van der Waals surface area (Å²) in [6.45, 7) is 1.70. The molecule has 1 atom stereocenters. The van der Waals surface area contributed by atoms with Crippen LogP contribution in [0.2, 0.25) is 0 Å². The van der Waals surface area contributed by atoms with E-state index < -0.39 is 28.4 Å². The number of hydrogen-bond donors (Lipinski definition) is 1. The Morgan fingerprint density at radius 3 is 2.71 bits per heavy atom. The average Bonchev–Trinajstić information content (AvgIpc) is 3.31. The molecular weight excluding hydrogens is 402 g/mol. The second-order valence-corrected chi connectivity index (χ2v) is 7.05. The van der Waals surface area contributed by atoms with Crippen LogP contribution in [-0.2, 0) is 11.3 Å². The number of nitro groups is 1. The quantitative estimate of drug-likeness (QED) is 0.367. The Hall–Kier alpha value is -4.27. The Balaban J connectivity index is 1.83. The van der Waals surface area contributed by atoms with E-state index in [4.69, 9.17) is 4.42 Å². The van der Waals surface area contributed by atoms with E-state index >= 15 is 0 Å². The van der Waals surface area contributed by atoms with Gasteiger partial charge in [0.1, 0.15) is 5.76 Å². The van der Waals surface area contributed by atoms with Crippen molar-refractivity contribution < 1.29 is 24.0 Å². The van der Waals surface area contributed by atoms with E-state index in [0.717, 1.165) is 0 Å². The Bertz CT molecular complexity index is 1210. The van der Waals surface area contributed by atoms with Gasteiger partial charge in [-0.15, -0.1) is 0 Å². The van der Waals surface area contributed by atoms with Crippen molar-refractivity contribution in [3.63, 3.8) is 0 Å². The van der Waals surface area contributed by atoms with E-state index in [2.05, 4.69) is 4.98 Å². The lowest BCUT2D eigenvalue weighted by atomic mass is 9.94. The number of non-ortho nitro benzene ring substituents is 1. The summed E-state index contributed by atoms with van der Waals surface area (Å²) >= 11 is 0. The van der Waals surface area contributed by atoms with Gasteiger partial charge in [-0.1, -0.05) is 18.2 Å². The summed E-state index contributed by atoms with van der Waals surface area (Å²) < 4.78 is 5.40. The third-order valence-electron chi connectivity index (χ3n) is 4.98. The highest BCUT2D eigenvalue weighted by atomic mass is 16.6. The van der Waals surface area contributed by atoms with Crippen LogP contribution in [0.1, 0.15) is 33.5 Å². The summed E-state index contributed by atoms with van der Waals surface area (Å²) in [5.41, 5.74) is 0.603. The zero-order valence-electron chi connectivity index (χ0n) is 16.4. The fraction of sp³-hybridized carbons (Fsp3) is 0.136. The first-order valence-electron chi connectivity index (χ1n) is 9.35. The highest BCUT2D eigenvalue weighted by Crippen LogP contribution is 2.40. The highest BCUT2D eigenvalue weighted by Gasteiger charge is 2.44. The summed E-state index contributed by atoms with van der Waals surface area (Å²) in [6.07, 6.45) is 3.14. The van der Waals surface area contributed by atoms with Gasteiger partial charge >= 0.3 is 0 Å². The lowest BCUT2D eigenvalue weighted by Gasteiger charge is -2.26. The number of aliphatic hydroxyl groups excluding tert-OH is 1. The molecule has 9 nitrogen and oxygen atoms in total. The zero-order valence-corrected chi connectivity index (χ0v) is 16.4. The summed E-state index contributed by atoms with van der Waals surface area (Å²) in [5.74, 6) is -1.67. The van der Waals surface area contributed by atoms with Crippen molar-refractivity contribution in [3.8, 4) is 0 Å². The number of furan rings is 1. The third-order valence-corrected chi connectivity index (χ3v) is 4.98. The molecule has 0 aliphatic carbocycles. The molecular formula is C22H17N3O6. The van der Waals surface area contributed by atoms with Crippen LogP contribution in [0.15, 0.2) is 76.7 Å². The first kappa shape index (κ1) is 20.0. The van der Waals surface area contributed by atoms with Crippen LogP contribution in [0.4, 0.5) is 5.69 Å². The number of carbonyl (C=O) groups excluding carboxylic acids is 2. The Morgan fingerprint density at radius 1 is 1.26 bits per heavy atom. The normalized spacial score (nSPS) is 16.1. The third kappa shape index (κ3) is 3.68. The topological polar surface area (TPSA) is 127 Å². The molecule has 0 spiro atoms. The number of Topliss-reactive ketones (excluding diaryl/α,β-unsaturated/α-hetero) is 1. The standard InChI is InChI=1S/C22H17N3O6/c1-13-7-8-17(31-13)20(26)18-19(15-5-2-6-16(10-15)25(29)30)24(22(28)21(18)27)12-14-4-3-9-23-11-14/h2-11,19,27H,12H2,1H3/t19-/m0/s1. The van der Waals surface area contributed by atoms with Crippen molar-refractivity contribution in [3.05, 3.63) is 105 Å². The van der Waals surface area contributed by atoms with Crippen LogP contribution in [-0.4, -0.2) is 31.6 Å². The van der Waals surface area contributed by atoms with Gasteiger partial charge in [-0.2, -0.15) is 0 Å². The van der Waals surface area contributed by atoms with Gasteiger partial charge in [0, 0.05) is 31.1 Å². The van der Waals surface area contributed by atoms with Gasteiger partial charge in [0.15, 0.2) is 11.5 Å². The molecule has 31 heavy (non-hydrogen) atoms. The maximum Gasteiger partial charge on any atom is 0.290 e. The number of aliphatic hydroxyl groups is 1. The smallest absolute Gasteiger partial charge is 0.290 e. The number of carbonyl (C=O) groups is 2. The number of aryl methyl sites for hydroxylation is 1. The van der Waals surface area contributed by atoms with E-state index in [1.54, 1.807) is 43.6 Å². The van der Waals surface area contributed by atoms with Gasteiger partial charge in [0.05, 0.1) is 16.5 Å². The van der Waals surface area contributed by atoms with E-state index in [1.807, 2.05) is 0 Å². The number of nitro benzene ring substituents is 1. The lowest BCUT2D eigenvalue weighted by molar-refractivity contribution is -0.384. The van der Waals surface area contributed by atoms with Crippen molar-refractivity contribution in [1.29, 1.82) is 0 Å².